The third-order valence-corrected chi connectivity index (χ3v) is 4.75. The molecule has 1 atom stereocenters. The number of hydrogen-bond donors (Lipinski definition) is 2. The lowest BCUT2D eigenvalue weighted by Gasteiger charge is -2.20. The van der Waals surface area contributed by atoms with E-state index in [1.54, 1.807) is 11.8 Å². The van der Waals surface area contributed by atoms with Gasteiger partial charge in [0.2, 0.25) is 0 Å². The van der Waals surface area contributed by atoms with E-state index in [1.807, 2.05) is 14.1 Å². The van der Waals surface area contributed by atoms with Crippen LogP contribution in [0.15, 0.2) is 0 Å². The van der Waals surface area contributed by atoms with Crippen molar-refractivity contribution in [1.29, 1.82) is 0 Å². The van der Waals surface area contributed by atoms with Crippen LogP contribution < -0.4 is 5.32 Å². The van der Waals surface area contributed by atoms with Crippen LogP contribution in [0, 0.1) is 6.92 Å². The van der Waals surface area contributed by atoms with Crippen LogP contribution in [-0.4, -0.2) is 65.1 Å². The number of carbonyl (C=O) groups is 2. The molecule has 1 saturated heterocycles. The van der Waals surface area contributed by atoms with Gasteiger partial charge in [-0.3, -0.25) is 0 Å². The van der Waals surface area contributed by atoms with Crippen molar-refractivity contribution in [2.24, 2.45) is 0 Å². The normalized spacial score (nSPS) is 18.3. The maximum absolute atomic E-state index is 12.1. The minimum atomic E-state index is -0.976. The van der Waals surface area contributed by atoms with Crippen LogP contribution in [0.3, 0.4) is 0 Å². The highest BCUT2D eigenvalue weighted by Crippen LogP contribution is 2.18. The van der Waals surface area contributed by atoms with E-state index in [9.17, 15) is 9.59 Å². The number of thiazole rings is 1. The Bertz CT molecular complexity index is 544. The second-order valence-electron chi connectivity index (χ2n) is 5.34. The lowest BCUT2D eigenvalue weighted by Crippen LogP contribution is -2.40. The number of aromatic nitrogens is 1. The van der Waals surface area contributed by atoms with Crippen LogP contribution in [0.25, 0.3) is 0 Å². The first-order chi connectivity index (χ1) is 9.88. The standard InChI is InChI=1S/C13H20N4O3S/c1-8-11(12(18)19)21-10(15-8)6-14-13(20)17-5-4-9(7-17)16(2)3/h9H,4-7H2,1-3H3,(H,14,20)(H,18,19). The summed E-state index contributed by atoms with van der Waals surface area (Å²) >= 11 is 1.11. The minimum Gasteiger partial charge on any atom is -0.477 e. The van der Waals surface area contributed by atoms with E-state index in [0.717, 1.165) is 30.8 Å². The number of carbonyl (C=O) groups excluding carboxylic acids is 1. The molecule has 1 fully saturated rings. The van der Waals surface area contributed by atoms with E-state index in [0.29, 0.717) is 16.7 Å². The summed E-state index contributed by atoms with van der Waals surface area (Å²) in [6.45, 7) is 3.39. The molecule has 0 radical (unpaired) electrons. The zero-order valence-electron chi connectivity index (χ0n) is 12.4. The molecular weight excluding hydrogens is 292 g/mol. The van der Waals surface area contributed by atoms with Crippen LogP contribution in [0.1, 0.15) is 26.8 Å². The fourth-order valence-corrected chi connectivity index (χ4v) is 3.18. The molecule has 1 aromatic rings. The third-order valence-electron chi connectivity index (χ3n) is 3.61. The summed E-state index contributed by atoms with van der Waals surface area (Å²) < 4.78 is 0. The fourth-order valence-electron chi connectivity index (χ4n) is 2.34. The molecule has 7 nitrogen and oxygen atoms in total. The number of carboxylic acid groups (broad SMARTS) is 1. The maximum Gasteiger partial charge on any atom is 0.347 e. The zero-order chi connectivity index (χ0) is 15.6. The van der Waals surface area contributed by atoms with Crippen LogP contribution in [0.5, 0.6) is 0 Å². The number of urea groups is 1. The average molecular weight is 312 g/mol. The molecule has 2 heterocycles. The second kappa shape index (κ2) is 6.40. The van der Waals surface area contributed by atoms with Gasteiger partial charge in [-0.25, -0.2) is 14.6 Å². The molecule has 2 amide bonds. The summed E-state index contributed by atoms with van der Waals surface area (Å²) in [5.41, 5.74) is 0.491. The molecule has 1 unspecified atom stereocenters. The van der Waals surface area contributed by atoms with Gasteiger partial charge in [0.25, 0.3) is 0 Å². The molecule has 8 heteroatoms. The molecule has 1 aliphatic rings. The van der Waals surface area contributed by atoms with E-state index in [-0.39, 0.29) is 17.5 Å². The van der Waals surface area contributed by atoms with Crippen molar-refractivity contribution in [1.82, 2.24) is 20.1 Å². The Hall–Kier alpha value is -1.67. The van der Waals surface area contributed by atoms with Gasteiger partial charge in [-0.2, -0.15) is 0 Å². The minimum absolute atomic E-state index is 0.121. The van der Waals surface area contributed by atoms with Gasteiger partial charge in [0.15, 0.2) is 0 Å². The van der Waals surface area contributed by atoms with Gasteiger partial charge in [0.1, 0.15) is 9.88 Å². The van der Waals surface area contributed by atoms with Crippen molar-refractivity contribution >= 4 is 23.3 Å². The van der Waals surface area contributed by atoms with Gasteiger partial charge < -0.3 is 20.2 Å². The highest BCUT2D eigenvalue weighted by molar-refractivity contribution is 7.13. The highest BCUT2D eigenvalue weighted by Gasteiger charge is 2.27. The number of nitrogens with one attached hydrogen (secondary N) is 1. The predicted molar refractivity (Wildman–Crippen MR) is 79.7 cm³/mol. The molecule has 2 N–H and O–H groups in total. The van der Waals surface area contributed by atoms with Gasteiger partial charge in [-0.1, -0.05) is 0 Å². The van der Waals surface area contributed by atoms with Gasteiger partial charge in [-0.05, 0) is 27.4 Å². The molecule has 0 bridgehead atoms. The summed E-state index contributed by atoms with van der Waals surface area (Å²) in [6.07, 6.45) is 0.972. The number of rotatable bonds is 4. The molecule has 116 valence electrons. The summed E-state index contributed by atoms with van der Waals surface area (Å²) in [5.74, 6) is -0.976. The predicted octanol–water partition coefficient (Wildman–Crippen LogP) is 0.995. The number of aromatic carboxylic acids is 1. The van der Waals surface area contributed by atoms with Gasteiger partial charge in [0.05, 0.1) is 12.2 Å². The molecule has 1 aliphatic heterocycles. The van der Waals surface area contributed by atoms with Crippen molar-refractivity contribution in [2.75, 3.05) is 27.2 Å². The average Bonchev–Trinajstić information content (AvgIpc) is 3.02. The van der Waals surface area contributed by atoms with Gasteiger partial charge >= 0.3 is 12.0 Å². The molecule has 0 aliphatic carbocycles. The Morgan fingerprint density at radius 3 is 2.76 bits per heavy atom. The summed E-state index contributed by atoms with van der Waals surface area (Å²) in [4.78, 5) is 31.3. The molecule has 1 aromatic heterocycles. The maximum atomic E-state index is 12.1. The molecule has 21 heavy (non-hydrogen) atoms. The largest absolute Gasteiger partial charge is 0.477 e. The number of nitrogens with zero attached hydrogens (tertiary/aromatic N) is 3. The van der Waals surface area contributed by atoms with Gasteiger partial charge in [0, 0.05) is 19.1 Å². The Morgan fingerprint density at radius 2 is 2.24 bits per heavy atom. The van der Waals surface area contributed by atoms with Crippen molar-refractivity contribution in [3.05, 3.63) is 15.6 Å². The van der Waals surface area contributed by atoms with E-state index >= 15 is 0 Å². The number of likely N-dealkylation sites (tertiary alicyclic amines) is 1. The first-order valence-electron chi connectivity index (χ1n) is 6.77. The van der Waals surface area contributed by atoms with Crippen LogP contribution in [-0.2, 0) is 6.54 Å². The molecule has 0 saturated carbocycles. The third kappa shape index (κ3) is 3.70. The monoisotopic (exact) mass is 312 g/mol. The first-order valence-corrected chi connectivity index (χ1v) is 7.59. The number of hydrogen-bond acceptors (Lipinski definition) is 5. The quantitative estimate of drug-likeness (QED) is 0.866. The van der Waals surface area contributed by atoms with Crippen molar-refractivity contribution < 1.29 is 14.7 Å². The summed E-state index contributed by atoms with van der Waals surface area (Å²) in [6, 6.07) is 0.278. The Labute approximate surface area is 127 Å². The number of carboxylic acids is 1. The molecular formula is C13H20N4O3S. The Balaban J connectivity index is 1.87. The lowest BCUT2D eigenvalue weighted by molar-refractivity contribution is 0.0701. The van der Waals surface area contributed by atoms with E-state index in [4.69, 9.17) is 5.11 Å². The lowest BCUT2D eigenvalue weighted by atomic mass is 10.2. The van der Waals surface area contributed by atoms with Crippen molar-refractivity contribution in [3.63, 3.8) is 0 Å². The molecule has 0 spiro atoms. The Kier molecular flexibility index (Phi) is 4.79. The number of likely N-dealkylation sites (N-methyl/N-ethyl adjacent to an activating group) is 1. The van der Waals surface area contributed by atoms with Crippen molar-refractivity contribution in [2.45, 2.75) is 25.9 Å². The summed E-state index contributed by atoms with van der Waals surface area (Å²) in [5, 5.41) is 12.4. The topological polar surface area (TPSA) is 85.8 Å². The van der Waals surface area contributed by atoms with Crippen LogP contribution in [0.2, 0.25) is 0 Å². The first kappa shape index (κ1) is 15.7. The molecule has 2 rings (SSSR count). The smallest absolute Gasteiger partial charge is 0.347 e. The Morgan fingerprint density at radius 1 is 1.52 bits per heavy atom. The second-order valence-corrected chi connectivity index (χ2v) is 6.42. The fraction of sp³-hybridized carbons (Fsp3) is 0.615. The van der Waals surface area contributed by atoms with E-state index in [2.05, 4.69) is 15.2 Å². The van der Waals surface area contributed by atoms with Crippen LogP contribution >= 0.6 is 11.3 Å². The zero-order valence-corrected chi connectivity index (χ0v) is 13.2. The highest BCUT2D eigenvalue weighted by atomic mass is 32.1. The van der Waals surface area contributed by atoms with Gasteiger partial charge in [-0.15, -0.1) is 11.3 Å². The SMILES string of the molecule is Cc1nc(CNC(=O)N2CCC(N(C)C)C2)sc1C(=O)O. The number of amides is 2. The van der Waals surface area contributed by atoms with Crippen LogP contribution in [0.4, 0.5) is 4.79 Å². The van der Waals surface area contributed by atoms with E-state index < -0.39 is 5.97 Å². The summed E-state index contributed by atoms with van der Waals surface area (Å²) in [7, 11) is 4.02. The van der Waals surface area contributed by atoms with Crippen molar-refractivity contribution in [3.8, 4) is 0 Å². The molecule has 0 aromatic carbocycles. The van der Waals surface area contributed by atoms with E-state index in [1.165, 1.54) is 0 Å². The number of aryl methyl sites for hydroxylation is 1.